The molecule has 3 nitrogen and oxygen atoms in total. The van der Waals surface area contributed by atoms with Gasteiger partial charge < -0.3 is 11.1 Å². The Bertz CT molecular complexity index is 443. The summed E-state index contributed by atoms with van der Waals surface area (Å²) in [5.74, 6) is 0.355. The first-order valence-electron chi connectivity index (χ1n) is 6.39. The number of amides is 1. The molecule has 1 amide bonds. The summed E-state index contributed by atoms with van der Waals surface area (Å²) < 4.78 is 0. The largest absolute Gasteiger partial charge is 0.366 e. The van der Waals surface area contributed by atoms with Crippen LogP contribution >= 0.6 is 11.6 Å². The fraction of sp³-hybridized carbons (Fsp3) is 0.500. The number of nitrogens with two attached hydrogens (primary N) is 1. The second-order valence-electron chi connectivity index (χ2n) is 5.03. The van der Waals surface area contributed by atoms with Crippen molar-refractivity contribution in [3.05, 3.63) is 34.3 Å². The number of benzene rings is 1. The Morgan fingerprint density at radius 3 is 2.78 bits per heavy atom. The highest BCUT2D eigenvalue weighted by Gasteiger charge is 2.23. The second-order valence-corrected chi connectivity index (χ2v) is 5.44. The van der Waals surface area contributed by atoms with Gasteiger partial charge in [-0.05, 0) is 43.4 Å². The highest BCUT2D eigenvalue weighted by atomic mass is 35.5. The molecule has 1 saturated carbocycles. The molecular formula is C14H19ClN2O. The van der Waals surface area contributed by atoms with Gasteiger partial charge in [0.15, 0.2) is 0 Å². The summed E-state index contributed by atoms with van der Waals surface area (Å²) in [5.41, 5.74) is 6.67. The molecule has 18 heavy (non-hydrogen) atoms. The van der Waals surface area contributed by atoms with Crippen molar-refractivity contribution >= 4 is 17.5 Å². The average Bonchev–Trinajstić information content (AvgIpc) is 2.24. The lowest BCUT2D eigenvalue weighted by atomic mass is 9.80. The molecule has 0 bridgehead atoms. The van der Waals surface area contributed by atoms with Gasteiger partial charge in [-0.15, -0.1) is 0 Å². The minimum Gasteiger partial charge on any atom is -0.366 e. The highest BCUT2D eigenvalue weighted by Crippen LogP contribution is 2.29. The van der Waals surface area contributed by atoms with Gasteiger partial charge in [-0.3, -0.25) is 4.79 Å². The summed E-state index contributed by atoms with van der Waals surface area (Å²) in [6, 6.07) is 5.74. The van der Waals surface area contributed by atoms with Crippen molar-refractivity contribution in [2.75, 3.05) is 0 Å². The third-order valence-electron chi connectivity index (χ3n) is 3.81. The highest BCUT2D eigenvalue weighted by molar-refractivity contribution is 6.31. The van der Waals surface area contributed by atoms with Gasteiger partial charge in [0.2, 0.25) is 5.91 Å². The van der Waals surface area contributed by atoms with E-state index in [1.54, 1.807) is 12.1 Å². The summed E-state index contributed by atoms with van der Waals surface area (Å²) >= 11 is 6.14. The average molecular weight is 267 g/mol. The maximum Gasteiger partial charge on any atom is 0.248 e. The number of hydrogen-bond acceptors (Lipinski definition) is 2. The molecule has 1 aromatic rings. The van der Waals surface area contributed by atoms with Crippen LogP contribution in [0.3, 0.4) is 0 Å². The maximum absolute atomic E-state index is 11.0. The van der Waals surface area contributed by atoms with Gasteiger partial charge in [0.1, 0.15) is 0 Å². The zero-order valence-corrected chi connectivity index (χ0v) is 11.3. The van der Waals surface area contributed by atoms with Gasteiger partial charge in [0, 0.05) is 23.2 Å². The summed E-state index contributed by atoms with van der Waals surface area (Å²) in [4.78, 5) is 11.0. The predicted octanol–water partition coefficient (Wildman–Crippen LogP) is 2.72. The van der Waals surface area contributed by atoms with E-state index < -0.39 is 5.91 Å². The molecule has 0 heterocycles. The molecule has 3 N–H and O–H groups in total. The van der Waals surface area contributed by atoms with Gasteiger partial charge in [-0.1, -0.05) is 24.1 Å². The van der Waals surface area contributed by atoms with E-state index in [4.69, 9.17) is 17.3 Å². The Morgan fingerprint density at radius 1 is 1.56 bits per heavy atom. The molecule has 1 fully saturated rings. The Balaban J connectivity index is 1.94. The van der Waals surface area contributed by atoms with Crippen LogP contribution in [0.15, 0.2) is 18.2 Å². The first-order chi connectivity index (χ1) is 8.58. The Labute approximate surface area is 113 Å². The van der Waals surface area contributed by atoms with Crippen LogP contribution in [0.4, 0.5) is 0 Å². The molecule has 4 heteroatoms. The van der Waals surface area contributed by atoms with Crippen molar-refractivity contribution in [2.24, 2.45) is 11.7 Å². The third kappa shape index (κ3) is 3.03. The van der Waals surface area contributed by atoms with Gasteiger partial charge in [0.05, 0.1) is 0 Å². The predicted molar refractivity (Wildman–Crippen MR) is 73.6 cm³/mol. The van der Waals surface area contributed by atoms with Crippen LogP contribution in [0.1, 0.15) is 42.1 Å². The Hall–Kier alpha value is -1.06. The first-order valence-corrected chi connectivity index (χ1v) is 6.77. The fourth-order valence-electron chi connectivity index (χ4n) is 2.22. The first kappa shape index (κ1) is 13.4. The number of carbonyl (C=O) groups is 1. The van der Waals surface area contributed by atoms with E-state index >= 15 is 0 Å². The molecule has 1 aliphatic rings. The van der Waals surface area contributed by atoms with Crippen LogP contribution in [0, 0.1) is 5.92 Å². The molecule has 98 valence electrons. The lowest BCUT2D eigenvalue weighted by Gasteiger charge is -2.32. The van der Waals surface area contributed by atoms with Crippen molar-refractivity contribution in [3.8, 4) is 0 Å². The number of rotatable bonds is 5. The van der Waals surface area contributed by atoms with Crippen molar-refractivity contribution in [1.29, 1.82) is 0 Å². The summed E-state index contributed by atoms with van der Waals surface area (Å²) in [5, 5.41) is 4.09. The van der Waals surface area contributed by atoms with E-state index in [2.05, 4.69) is 12.2 Å². The molecule has 1 unspecified atom stereocenters. The van der Waals surface area contributed by atoms with E-state index in [1.807, 2.05) is 6.07 Å². The molecule has 1 aliphatic carbocycles. The van der Waals surface area contributed by atoms with Crippen molar-refractivity contribution in [3.63, 3.8) is 0 Å². The Kier molecular flexibility index (Phi) is 4.25. The molecular weight excluding hydrogens is 248 g/mol. The maximum atomic E-state index is 11.0. The Morgan fingerprint density at radius 2 is 2.28 bits per heavy atom. The number of carbonyl (C=O) groups excluding carboxylic acids is 1. The van der Waals surface area contributed by atoms with Crippen LogP contribution < -0.4 is 11.1 Å². The SMILES string of the molecule is CC(NCc1ccc(C(N)=O)cc1Cl)C1CCC1. The monoisotopic (exact) mass is 266 g/mol. The van der Waals surface area contributed by atoms with E-state index in [0.717, 1.165) is 18.0 Å². The van der Waals surface area contributed by atoms with Gasteiger partial charge in [-0.2, -0.15) is 0 Å². The molecule has 0 aliphatic heterocycles. The minimum absolute atomic E-state index is 0.445. The topological polar surface area (TPSA) is 55.1 Å². The molecule has 0 saturated heterocycles. The molecule has 0 aromatic heterocycles. The third-order valence-corrected chi connectivity index (χ3v) is 4.16. The number of nitrogens with one attached hydrogen (secondary N) is 1. The molecule has 1 atom stereocenters. The van der Waals surface area contributed by atoms with E-state index in [0.29, 0.717) is 16.6 Å². The van der Waals surface area contributed by atoms with E-state index in [1.165, 1.54) is 19.3 Å². The van der Waals surface area contributed by atoms with Crippen LogP contribution in [-0.4, -0.2) is 11.9 Å². The second kappa shape index (κ2) is 5.72. The minimum atomic E-state index is -0.445. The van der Waals surface area contributed by atoms with Gasteiger partial charge in [0.25, 0.3) is 0 Å². The normalized spacial score (nSPS) is 17.2. The summed E-state index contributed by atoms with van der Waals surface area (Å²) in [6.45, 7) is 2.95. The van der Waals surface area contributed by atoms with Crippen molar-refractivity contribution in [2.45, 2.75) is 38.8 Å². The zero-order valence-electron chi connectivity index (χ0n) is 10.6. The smallest absolute Gasteiger partial charge is 0.248 e. The molecule has 0 radical (unpaired) electrons. The summed E-state index contributed by atoms with van der Waals surface area (Å²) in [6.07, 6.45) is 4.00. The fourth-order valence-corrected chi connectivity index (χ4v) is 2.47. The van der Waals surface area contributed by atoms with Crippen LogP contribution in [0.2, 0.25) is 5.02 Å². The van der Waals surface area contributed by atoms with Crippen molar-refractivity contribution in [1.82, 2.24) is 5.32 Å². The molecule has 2 rings (SSSR count). The van der Waals surface area contributed by atoms with E-state index in [9.17, 15) is 4.79 Å². The van der Waals surface area contributed by atoms with Crippen molar-refractivity contribution < 1.29 is 4.79 Å². The van der Waals surface area contributed by atoms with Crippen LogP contribution in [0.25, 0.3) is 0 Å². The standard InChI is InChI=1S/C14H19ClN2O/c1-9(10-3-2-4-10)17-8-12-6-5-11(14(16)18)7-13(12)15/h5-7,9-10,17H,2-4,8H2,1H3,(H2,16,18). The molecule has 0 spiro atoms. The number of hydrogen-bond donors (Lipinski definition) is 2. The quantitative estimate of drug-likeness (QED) is 0.861. The number of primary amides is 1. The lowest BCUT2D eigenvalue weighted by molar-refractivity contribution is 0.100. The number of halogens is 1. The van der Waals surface area contributed by atoms with Gasteiger partial charge >= 0.3 is 0 Å². The van der Waals surface area contributed by atoms with Crippen LogP contribution in [-0.2, 0) is 6.54 Å². The molecule has 1 aromatic carbocycles. The summed E-state index contributed by atoms with van der Waals surface area (Å²) in [7, 11) is 0. The van der Waals surface area contributed by atoms with E-state index in [-0.39, 0.29) is 0 Å². The van der Waals surface area contributed by atoms with Crippen LogP contribution in [0.5, 0.6) is 0 Å². The van der Waals surface area contributed by atoms with Gasteiger partial charge in [-0.25, -0.2) is 0 Å². The zero-order chi connectivity index (χ0) is 13.1. The lowest BCUT2D eigenvalue weighted by Crippen LogP contribution is -2.36.